The van der Waals surface area contributed by atoms with Crippen molar-refractivity contribution in [1.82, 2.24) is 14.2 Å². The fourth-order valence-electron chi connectivity index (χ4n) is 2.55. The summed E-state index contributed by atoms with van der Waals surface area (Å²) >= 11 is 0. The van der Waals surface area contributed by atoms with E-state index in [1.54, 1.807) is 19.3 Å². The predicted octanol–water partition coefficient (Wildman–Crippen LogP) is 1.50. The van der Waals surface area contributed by atoms with Crippen LogP contribution in [0, 0.1) is 11.8 Å². The van der Waals surface area contributed by atoms with Gasteiger partial charge in [-0.2, -0.15) is 0 Å². The highest BCUT2D eigenvalue weighted by Gasteiger charge is 2.36. The molecule has 0 radical (unpaired) electrons. The topological polar surface area (TPSA) is 54.3 Å². The first-order valence-corrected chi connectivity index (χ1v) is 8.64. The minimum atomic E-state index is -3.36. The van der Waals surface area contributed by atoms with Crippen molar-refractivity contribution in [1.29, 1.82) is 0 Å². The standard InChI is InChI=1S/C14H25N3O2S/c1-5-17-10-14(7-13(17)8-15-3)20(18,19)16(4)9-12-6-11(12)2/h7,10-12,15H,5-6,8-9H2,1-4H3. The molecule has 1 fully saturated rings. The van der Waals surface area contributed by atoms with Crippen molar-refractivity contribution in [2.45, 2.75) is 38.3 Å². The van der Waals surface area contributed by atoms with Crippen molar-refractivity contribution in [3.05, 3.63) is 18.0 Å². The maximum Gasteiger partial charge on any atom is 0.244 e. The number of rotatable bonds is 7. The molecular formula is C14H25N3O2S. The van der Waals surface area contributed by atoms with E-state index in [-0.39, 0.29) is 0 Å². The molecule has 0 aromatic carbocycles. The maximum atomic E-state index is 12.6. The number of sulfonamides is 1. The zero-order valence-electron chi connectivity index (χ0n) is 12.8. The van der Waals surface area contributed by atoms with Crippen LogP contribution in [0.4, 0.5) is 0 Å². The smallest absolute Gasteiger partial charge is 0.244 e. The van der Waals surface area contributed by atoms with Crippen molar-refractivity contribution in [3.8, 4) is 0 Å². The van der Waals surface area contributed by atoms with Crippen LogP contribution in [-0.2, 0) is 23.1 Å². The monoisotopic (exact) mass is 299 g/mol. The van der Waals surface area contributed by atoms with E-state index in [0.29, 0.717) is 29.8 Å². The van der Waals surface area contributed by atoms with Crippen molar-refractivity contribution in [2.24, 2.45) is 11.8 Å². The summed E-state index contributed by atoms with van der Waals surface area (Å²) in [4.78, 5) is 0.403. The molecule has 2 atom stereocenters. The fraction of sp³-hybridized carbons (Fsp3) is 0.714. The second kappa shape index (κ2) is 5.87. The molecule has 0 bridgehead atoms. The van der Waals surface area contributed by atoms with Crippen molar-refractivity contribution in [2.75, 3.05) is 20.6 Å². The van der Waals surface area contributed by atoms with Gasteiger partial charge in [-0.05, 0) is 38.3 Å². The average molecular weight is 299 g/mol. The maximum absolute atomic E-state index is 12.6. The summed E-state index contributed by atoms with van der Waals surface area (Å²) in [7, 11) is 0.182. The van der Waals surface area contributed by atoms with Gasteiger partial charge in [-0.1, -0.05) is 6.92 Å². The molecule has 0 spiro atoms. The number of nitrogens with zero attached hydrogens (tertiary/aromatic N) is 2. The predicted molar refractivity (Wildman–Crippen MR) is 80.0 cm³/mol. The van der Waals surface area contributed by atoms with Crippen LogP contribution in [-0.4, -0.2) is 37.9 Å². The van der Waals surface area contributed by atoms with Crippen LogP contribution in [0.25, 0.3) is 0 Å². The highest BCUT2D eigenvalue weighted by Crippen LogP contribution is 2.38. The Balaban J connectivity index is 2.19. The second-order valence-electron chi connectivity index (χ2n) is 5.74. The van der Waals surface area contributed by atoms with Crippen molar-refractivity contribution >= 4 is 10.0 Å². The quantitative estimate of drug-likeness (QED) is 0.830. The van der Waals surface area contributed by atoms with Gasteiger partial charge in [0, 0.05) is 38.6 Å². The van der Waals surface area contributed by atoms with Crippen molar-refractivity contribution in [3.63, 3.8) is 0 Å². The van der Waals surface area contributed by atoms with Gasteiger partial charge in [-0.15, -0.1) is 0 Å². The first kappa shape index (κ1) is 15.5. The zero-order valence-corrected chi connectivity index (χ0v) is 13.6. The molecule has 1 aromatic heterocycles. The molecule has 5 nitrogen and oxygen atoms in total. The first-order chi connectivity index (χ1) is 9.40. The lowest BCUT2D eigenvalue weighted by molar-refractivity contribution is 0.444. The number of aromatic nitrogens is 1. The molecule has 1 N–H and O–H groups in total. The van der Waals surface area contributed by atoms with Crippen LogP contribution in [0.3, 0.4) is 0 Å². The Hall–Kier alpha value is -0.850. The third-order valence-corrected chi connectivity index (χ3v) is 5.92. The van der Waals surface area contributed by atoms with E-state index in [1.165, 1.54) is 4.31 Å². The van der Waals surface area contributed by atoms with Gasteiger partial charge in [0.05, 0.1) is 0 Å². The Morgan fingerprint density at radius 3 is 2.65 bits per heavy atom. The Morgan fingerprint density at radius 2 is 2.15 bits per heavy atom. The van der Waals surface area contributed by atoms with Crippen LogP contribution in [0.2, 0.25) is 0 Å². The lowest BCUT2D eigenvalue weighted by Crippen LogP contribution is -2.29. The molecule has 1 aliphatic rings. The summed E-state index contributed by atoms with van der Waals surface area (Å²) < 4.78 is 28.6. The third-order valence-electron chi connectivity index (χ3n) is 4.14. The molecule has 0 saturated heterocycles. The highest BCUT2D eigenvalue weighted by molar-refractivity contribution is 7.89. The molecule has 1 saturated carbocycles. The van der Waals surface area contributed by atoms with Crippen molar-refractivity contribution < 1.29 is 8.42 Å². The number of nitrogens with one attached hydrogen (secondary N) is 1. The van der Waals surface area contributed by atoms with Crippen LogP contribution < -0.4 is 5.32 Å². The molecule has 6 heteroatoms. The van der Waals surface area contributed by atoms with E-state index in [9.17, 15) is 8.42 Å². The minimum Gasteiger partial charge on any atom is -0.349 e. The van der Waals surface area contributed by atoms with Gasteiger partial charge in [0.1, 0.15) is 4.90 Å². The molecule has 2 rings (SSSR count). The highest BCUT2D eigenvalue weighted by atomic mass is 32.2. The van der Waals surface area contributed by atoms with E-state index in [2.05, 4.69) is 12.2 Å². The summed E-state index contributed by atoms with van der Waals surface area (Å²) in [6.45, 7) is 6.26. The molecule has 1 heterocycles. The Bertz CT molecular complexity index is 565. The zero-order chi connectivity index (χ0) is 14.9. The van der Waals surface area contributed by atoms with E-state index < -0.39 is 10.0 Å². The van der Waals surface area contributed by atoms with E-state index in [1.807, 2.05) is 18.5 Å². The Kier molecular flexibility index (Phi) is 4.56. The van der Waals surface area contributed by atoms with E-state index in [0.717, 1.165) is 18.7 Å². The van der Waals surface area contributed by atoms with Crippen LogP contribution in [0.15, 0.2) is 17.2 Å². The third kappa shape index (κ3) is 3.07. The number of aryl methyl sites for hydroxylation is 1. The molecule has 0 amide bonds. The van der Waals surface area contributed by atoms with Crippen LogP contribution in [0.1, 0.15) is 26.0 Å². The first-order valence-electron chi connectivity index (χ1n) is 7.20. The number of hydrogen-bond donors (Lipinski definition) is 1. The molecule has 2 unspecified atom stereocenters. The van der Waals surface area contributed by atoms with E-state index >= 15 is 0 Å². The van der Waals surface area contributed by atoms with Gasteiger partial charge < -0.3 is 9.88 Å². The van der Waals surface area contributed by atoms with E-state index in [4.69, 9.17) is 0 Å². The van der Waals surface area contributed by atoms with Gasteiger partial charge in [-0.3, -0.25) is 0 Å². The molecular weight excluding hydrogens is 274 g/mol. The summed E-state index contributed by atoms with van der Waals surface area (Å²) in [6.07, 6.45) is 2.88. The molecule has 0 aliphatic heterocycles. The molecule has 20 heavy (non-hydrogen) atoms. The lowest BCUT2D eigenvalue weighted by Gasteiger charge is -2.15. The summed E-state index contributed by atoms with van der Waals surface area (Å²) in [6, 6.07) is 1.78. The van der Waals surface area contributed by atoms with Gasteiger partial charge in [0.15, 0.2) is 0 Å². The summed E-state index contributed by atoms with van der Waals surface area (Å²) in [5.41, 5.74) is 1.00. The molecule has 1 aliphatic carbocycles. The minimum absolute atomic E-state index is 0.403. The number of hydrogen-bond acceptors (Lipinski definition) is 3. The Labute approximate surface area is 122 Å². The van der Waals surface area contributed by atoms with Gasteiger partial charge in [0.25, 0.3) is 0 Å². The molecule has 114 valence electrons. The van der Waals surface area contributed by atoms with Crippen LogP contribution >= 0.6 is 0 Å². The average Bonchev–Trinajstić information content (AvgIpc) is 2.91. The fourth-order valence-corrected chi connectivity index (χ4v) is 3.84. The normalized spacial score (nSPS) is 22.4. The molecule has 1 aromatic rings. The summed E-state index contributed by atoms with van der Waals surface area (Å²) in [5, 5.41) is 3.07. The van der Waals surface area contributed by atoms with Gasteiger partial charge in [0.2, 0.25) is 10.0 Å². The second-order valence-corrected chi connectivity index (χ2v) is 7.79. The SMILES string of the molecule is CCn1cc(S(=O)(=O)N(C)CC2CC2C)cc1CNC. The summed E-state index contributed by atoms with van der Waals surface area (Å²) in [5.74, 6) is 1.19. The van der Waals surface area contributed by atoms with Gasteiger partial charge in [-0.25, -0.2) is 12.7 Å². The van der Waals surface area contributed by atoms with Gasteiger partial charge >= 0.3 is 0 Å². The van der Waals surface area contributed by atoms with Crippen LogP contribution in [0.5, 0.6) is 0 Å². The largest absolute Gasteiger partial charge is 0.349 e. The Morgan fingerprint density at radius 1 is 1.50 bits per heavy atom. The lowest BCUT2D eigenvalue weighted by atomic mass is 10.3.